The van der Waals surface area contributed by atoms with Crippen molar-refractivity contribution >= 4 is 29.8 Å². The average molecular weight is 644 g/mol. The van der Waals surface area contributed by atoms with Gasteiger partial charge in [0, 0.05) is 39.8 Å². The molecule has 14 heteroatoms. The number of ether oxygens (including phenoxy) is 8. The third kappa shape index (κ3) is 8.73. The first-order valence-electron chi connectivity index (χ1n) is 14.6. The lowest BCUT2D eigenvalue weighted by Crippen LogP contribution is -2.63. The second-order valence-corrected chi connectivity index (χ2v) is 10.6. The van der Waals surface area contributed by atoms with E-state index in [0.29, 0.717) is 6.61 Å². The van der Waals surface area contributed by atoms with Crippen LogP contribution in [0.1, 0.15) is 55.3 Å². The molecule has 6 atom stereocenters. The minimum absolute atomic E-state index is 0.0736. The van der Waals surface area contributed by atoms with E-state index in [2.05, 4.69) is 5.32 Å². The van der Waals surface area contributed by atoms with Gasteiger partial charge in [-0.25, -0.2) is 0 Å². The maximum atomic E-state index is 13.1. The fourth-order valence-electron chi connectivity index (χ4n) is 5.25. The quantitative estimate of drug-likeness (QED) is 0.279. The Morgan fingerprint density at radius 3 is 2.17 bits per heavy atom. The number of fused-ring (bicyclic) bond motifs is 1. The molecule has 1 N–H and O–H groups in total. The third-order valence-corrected chi connectivity index (χ3v) is 7.16. The standard InChI is InChI=1S/C32H37NO13/c1-17(34)41-16-27-28(42-18(2)35)29(43-19(3)36)30(44-20(4)37)32(46-27)45-24-11-10-22(14-25(24)39-5)31(38)33-15-26-23-9-7-6-8-21(23)12-13-40-26/h6-11,14,26-30,32H,12-13,15-16H2,1-5H3,(H,33,38)/t26?,27-,28-,29+,30-,32?/m0/s1. The first-order chi connectivity index (χ1) is 22.0. The Hall–Kier alpha value is -4.69. The summed E-state index contributed by atoms with van der Waals surface area (Å²) in [5, 5.41) is 2.89. The molecule has 2 aromatic rings. The van der Waals surface area contributed by atoms with E-state index in [1.807, 2.05) is 24.3 Å². The molecule has 2 aliphatic heterocycles. The highest BCUT2D eigenvalue weighted by Gasteiger charge is 2.53. The molecule has 0 aliphatic carbocycles. The van der Waals surface area contributed by atoms with Crippen molar-refractivity contribution in [2.75, 3.05) is 26.9 Å². The molecule has 4 rings (SSSR count). The van der Waals surface area contributed by atoms with Crippen LogP contribution in [-0.4, -0.2) is 87.4 Å². The number of hydrogen-bond acceptors (Lipinski definition) is 13. The number of esters is 4. The lowest BCUT2D eigenvalue weighted by atomic mass is 9.97. The van der Waals surface area contributed by atoms with Crippen LogP contribution in [0.5, 0.6) is 11.5 Å². The molecule has 2 aromatic carbocycles. The van der Waals surface area contributed by atoms with Gasteiger partial charge in [-0.05, 0) is 35.7 Å². The van der Waals surface area contributed by atoms with Crippen molar-refractivity contribution in [3.8, 4) is 11.5 Å². The molecule has 0 radical (unpaired) electrons. The van der Waals surface area contributed by atoms with E-state index in [9.17, 15) is 24.0 Å². The summed E-state index contributed by atoms with van der Waals surface area (Å²) >= 11 is 0. The molecule has 2 unspecified atom stereocenters. The van der Waals surface area contributed by atoms with Gasteiger partial charge in [0.05, 0.1) is 13.7 Å². The summed E-state index contributed by atoms with van der Waals surface area (Å²) in [4.78, 5) is 60.9. The van der Waals surface area contributed by atoms with Crippen LogP contribution < -0.4 is 14.8 Å². The van der Waals surface area contributed by atoms with Gasteiger partial charge >= 0.3 is 23.9 Å². The fraction of sp³-hybridized carbons (Fsp3) is 0.469. The Balaban J connectivity index is 1.57. The van der Waals surface area contributed by atoms with Crippen LogP contribution in [0.15, 0.2) is 42.5 Å². The van der Waals surface area contributed by atoms with E-state index in [1.54, 1.807) is 0 Å². The van der Waals surface area contributed by atoms with Crippen LogP contribution in [0, 0.1) is 0 Å². The molecule has 248 valence electrons. The maximum absolute atomic E-state index is 13.1. The second-order valence-electron chi connectivity index (χ2n) is 10.6. The van der Waals surface area contributed by atoms with E-state index in [0.717, 1.165) is 32.8 Å². The smallest absolute Gasteiger partial charge is 0.303 e. The van der Waals surface area contributed by atoms with Crippen LogP contribution in [0.25, 0.3) is 0 Å². The minimum Gasteiger partial charge on any atom is -0.493 e. The van der Waals surface area contributed by atoms with Crippen molar-refractivity contribution in [3.05, 3.63) is 59.2 Å². The summed E-state index contributed by atoms with van der Waals surface area (Å²) in [5.41, 5.74) is 2.47. The summed E-state index contributed by atoms with van der Waals surface area (Å²) in [7, 11) is 1.36. The van der Waals surface area contributed by atoms with Gasteiger partial charge in [0.15, 0.2) is 23.7 Å². The molecular formula is C32H37NO13. The second kappa shape index (κ2) is 15.5. The number of hydrogen-bond donors (Lipinski definition) is 1. The molecular weight excluding hydrogens is 606 g/mol. The highest BCUT2D eigenvalue weighted by Crippen LogP contribution is 2.35. The van der Waals surface area contributed by atoms with Crippen LogP contribution in [0.4, 0.5) is 0 Å². The van der Waals surface area contributed by atoms with E-state index in [1.165, 1.54) is 37.8 Å². The van der Waals surface area contributed by atoms with Crippen LogP contribution in [0.2, 0.25) is 0 Å². The first kappa shape index (κ1) is 34.2. The summed E-state index contributed by atoms with van der Waals surface area (Å²) in [6.07, 6.45) is -6.34. The van der Waals surface area contributed by atoms with Gasteiger partial charge in [-0.1, -0.05) is 24.3 Å². The van der Waals surface area contributed by atoms with E-state index >= 15 is 0 Å². The van der Waals surface area contributed by atoms with E-state index in [4.69, 9.17) is 37.9 Å². The Morgan fingerprint density at radius 2 is 1.50 bits per heavy atom. The molecule has 0 saturated carbocycles. The number of carbonyl (C=O) groups is 5. The molecule has 0 bridgehead atoms. The predicted octanol–water partition coefficient (Wildman–Crippen LogP) is 2.20. The summed E-state index contributed by atoms with van der Waals surface area (Å²) in [5.74, 6) is -3.14. The van der Waals surface area contributed by atoms with Gasteiger partial charge in [0.25, 0.3) is 5.91 Å². The van der Waals surface area contributed by atoms with Crippen molar-refractivity contribution in [2.45, 2.75) is 70.9 Å². The number of rotatable bonds is 11. The zero-order chi connectivity index (χ0) is 33.4. The van der Waals surface area contributed by atoms with Gasteiger partial charge < -0.3 is 43.2 Å². The summed E-state index contributed by atoms with van der Waals surface area (Å²) in [6, 6.07) is 12.3. The van der Waals surface area contributed by atoms with Crippen molar-refractivity contribution in [2.24, 2.45) is 0 Å². The molecule has 2 heterocycles. The molecule has 1 fully saturated rings. The van der Waals surface area contributed by atoms with E-state index < -0.39 is 61.2 Å². The highest BCUT2D eigenvalue weighted by atomic mass is 16.7. The van der Waals surface area contributed by atoms with Crippen LogP contribution in [0.3, 0.4) is 0 Å². The molecule has 46 heavy (non-hydrogen) atoms. The van der Waals surface area contributed by atoms with Gasteiger partial charge in [-0.15, -0.1) is 0 Å². The van der Waals surface area contributed by atoms with Gasteiger partial charge in [0.2, 0.25) is 12.4 Å². The SMILES string of the molecule is COc1cc(C(=O)NCC2OCCc3ccccc32)ccc1OC1O[C@@H](COC(C)=O)[C@H](OC(C)=O)[C@@H](OC(C)=O)[C@@H]1OC(C)=O. The number of benzene rings is 2. The van der Waals surface area contributed by atoms with Crippen molar-refractivity contribution < 1.29 is 61.9 Å². The highest BCUT2D eigenvalue weighted by molar-refractivity contribution is 5.95. The Kier molecular flexibility index (Phi) is 11.6. The van der Waals surface area contributed by atoms with Gasteiger partial charge in [-0.2, -0.15) is 0 Å². The first-order valence-corrected chi connectivity index (χ1v) is 14.6. The van der Waals surface area contributed by atoms with Crippen molar-refractivity contribution in [1.82, 2.24) is 5.32 Å². The number of amides is 1. The molecule has 0 aromatic heterocycles. The van der Waals surface area contributed by atoms with Gasteiger partial charge in [0.1, 0.15) is 18.8 Å². The molecule has 14 nitrogen and oxygen atoms in total. The molecule has 1 amide bonds. The number of methoxy groups -OCH3 is 1. The predicted molar refractivity (Wildman–Crippen MR) is 157 cm³/mol. The van der Waals surface area contributed by atoms with Crippen molar-refractivity contribution in [1.29, 1.82) is 0 Å². The maximum Gasteiger partial charge on any atom is 0.303 e. The summed E-state index contributed by atoms with van der Waals surface area (Å²) in [6.45, 7) is 4.93. The largest absolute Gasteiger partial charge is 0.493 e. The van der Waals surface area contributed by atoms with Crippen LogP contribution >= 0.6 is 0 Å². The zero-order valence-electron chi connectivity index (χ0n) is 26.1. The normalized spacial score (nSPS) is 23.6. The topological polar surface area (TPSA) is 171 Å². The van der Waals surface area contributed by atoms with Crippen LogP contribution in [-0.2, 0) is 54.0 Å². The van der Waals surface area contributed by atoms with E-state index in [-0.39, 0.29) is 35.6 Å². The number of carbonyl (C=O) groups excluding carboxylic acids is 5. The molecule has 2 aliphatic rings. The Morgan fingerprint density at radius 1 is 0.826 bits per heavy atom. The average Bonchev–Trinajstić information content (AvgIpc) is 3.01. The van der Waals surface area contributed by atoms with Crippen molar-refractivity contribution in [3.63, 3.8) is 0 Å². The monoisotopic (exact) mass is 643 g/mol. The van der Waals surface area contributed by atoms with Gasteiger partial charge in [-0.3, -0.25) is 24.0 Å². The lowest BCUT2D eigenvalue weighted by molar-refractivity contribution is -0.288. The fourth-order valence-corrected chi connectivity index (χ4v) is 5.25. The Labute approximate surface area is 265 Å². The summed E-state index contributed by atoms with van der Waals surface area (Å²) < 4.78 is 44.8. The third-order valence-electron chi connectivity index (χ3n) is 7.16. The molecule has 1 saturated heterocycles. The number of nitrogens with one attached hydrogen (secondary N) is 1. The minimum atomic E-state index is -1.47. The lowest BCUT2D eigenvalue weighted by Gasteiger charge is -2.44. The molecule has 0 spiro atoms. The Bertz CT molecular complexity index is 1440. The zero-order valence-corrected chi connectivity index (χ0v) is 26.1.